The average molecular weight is 492 g/mol. The zero-order valence-electron chi connectivity index (χ0n) is 19.1. The summed E-state index contributed by atoms with van der Waals surface area (Å²) in [6, 6.07) is 13.0. The number of hydrogen-bond donors (Lipinski definition) is 1. The van der Waals surface area contributed by atoms with Crippen molar-refractivity contribution in [3.63, 3.8) is 0 Å². The number of para-hydroxylation sites is 2. The monoisotopic (exact) mass is 491 g/mol. The van der Waals surface area contributed by atoms with Crippen LogP contribution < -0.4 is 10.5 Å². The number of carbonyl (C=O) groups excluding carboxylic acids is 2. The van der Waals surface area contributed by atoms with Gasteiger partial charge in [-0.15, -0.1) is 11.3 Å². The average Bonchev–Trinajstić information content (AvgIpc) is 3.30. The summed E-state index contributed by atoms with van der Waals surface area (Å²) in [5.41, 5.74) is 0.860. The molecule has 2 aromatic heterocycles. The smallest absolute Gasteiger partial charge is 0.258 e. The van der Waals surface area contributed by atoms with E-state index in [0.717, 1.165) is 11.3 Å². The van der Waals surface area contributed by atoms with Gasteiger partial charge in [0.15, 0.2) is 5.13 Å². The van der Waals surface area contributed by atoms with Crippen molar-refractivity contribution in [1.29, 1.82) is 0 Å². The second-order valence-electron chi connectivity index (χ2n) is 7.58. The highest BCUT2D eigenvalue weighted by molar-refractivity contribution is 7.14. The minimum absolute atomic E-state index is 0.106. The van der Waals surface area contributed by atoms with E-state index in [4.69, 9.17) is 0 Å². The fourth-order valence-corrected chi connectivity index (χ4v) is 4.34. The van der Waals surface area contributed by atoms with Gasteiger partial charge in [0.2, 0.25) is 11.8 Å². The van der Waals surface area contributed by atoms with Crippen molar-refractivity contribution < 1.29 is 14.0 Å². The largest absolute Gasteiger partial charge is 0.332 e. The Morgan fingerprint density at radius 3 is 2.60 bits per heavy atom. The fourth-order valence-electron chi connectivity index (χ4n) is 3.49. The number of fused-ring (bicyclic) bond motifs is 1. The summed E-state index contributed by atoms with van der Waals surface area (Å²) in [6.45, 7) is 3.68. The number of hydrogen-bond acceptors (Lipinski definition) is 6. The minimum Gasteiger partial charge on any atom is -0.332 e. The van der Waals surface area contributed by atoms with E-state index >= 15 is 0 Å². The van der Waals surface area contributed by atoms with E-state index in [0.29, 0.717) is 34.1 Å². The summed E-state index contributed by atoms with van der Waals surface area (Å²) in [7, 11) is 0. The Bertz CT molecular complexity index is 1480. The molecule has 4 rings (SSSR count). The standard InChI is InChI=1S/C25H22FN5O3S/c1-3-30(14-22-28-20-10-6-4-8-18(20)24(34)29-22)23(33)13-12-17-15-35-25(27-17)31(16(2)32)21-11-7-5-9-19(21)26/h4-13,15H,3,14H2,1-2H3,(H,28,29,34)/b13-12+. The molecule has 2 heterocycles. The van der Waals surface area contributed by atoms with Crippen LogP contribution in [0.1, 0.15) is 25.4 Å². The molecule has 8 nitrogen and oxygen atoms in total. The number of aromatic amines is 1. The van der Waals surface area contributed by atoms with Crippen molar-refractivity contribution >= 4 is 50.9 Å². The van der Waals surface area contributed by atoms with Crippen molar-refractivity contribution in [2.24, 2.45) is 0 Å². The Labute approximate surface area is 204 Å². The van der Waals surface area contributed by atoms with Gasteiger partial charge in [-0.25, -0.2) is 14.4 Å². The number of nitrogens with one attached hydrogen (secondary N) is 1. The molecule has 10 heteroatoms. The lowest BCUT2D eigenvalue weighted by molar-refractivity contribution is -0.126. The highest BCUT2D eigenvalue weighted by Gasteiger charge is 2.20. The molecule has 0 saturated carbocycles. The molecular formula is C25H22FN5O3S. The van der Waals surface area contributed by atoms with E-state index in [1.165, 1.54) is 41.0 Å². The van der Waals surface area contributed by atoms with Gasteiger partial charge < -0.3 is 9.88 Å². The van der Waals surface area contributed by atoms with Gasteiger partial charge in [-0.05, 0) is 37.3 Å². The molecule has 0 unspecified atom stereocenters. The number of carbonyl (C=O) groups is 2. The molecule has 178 valence electrons. The first-order valence-electron chi connectivity index (χ1n) is 10.8. The summed E-state index contributed by atoms with van der Waals surface area (Å²) in [5.74, 6) is -0.834. The number of likely N-dealkylation sites (N-methyl/N-ethyl adjacent to an activating group) is 1. The van der Waals surface area contributed by atoms with Crippen LogP contribution in [0.25, 0.3) is 17.0 Å². The molecule has 0 aliphatic rings. The van der Waals surface area contributed by atoms with Gasteiger partial charge in [-0.1, -0.05) is 24.3 Å². The Kier molecular flexibility index (Phi) is 7.11. The Morgan fingerprint density at radius 1 is 1.11 bits per heavy atom. The molecule has 2 aromatic carbocycles. The summed E-state index contributed by atoms with van der Waals surface area (Å²) >= 11 is 1.16. The van der Waals surface area contributed by atoms with Crippen molar-refractivity contribution in [3.05, 3.63) is 87.7 Å². The third kappa shape index (κ3) is 5.33. The molecule has 0 aliphatic heterocycles. The number of H-pyrrole nitrogens is 1. The maximum Gasteiger partial charge on any atom is 0.258 e. The Hall–Kier alpha value is -4.18. The number of aromatic nitrogens is 3. The molecule has 2 amide bonds. The maximum atomic E-state index is 14.3. The molecule has 0 aliphatic carbocycles. The van der Waals surface area contributed by atoms with Gasteiger partial charge >= 0.3 is 0 Å². The third-order valence-corrected chi connectivity index (χ3v) is 6.05. The first kappa shape index (κ1) is 24.0. The van der Waals surface area contributed by atoms with Crippen molar-refractivity contribution in [2.45, 2.75) is 20.4 Å². The SMILES string of the molecule is CCN(Cc1nc2ccccc2c(=O)[nH]1)C(=O)/C=C/c1csc(N(C(C)=O)c2ccccc2F)n1. The Balaban J connectivity index is 1.51. The van der Waals surface area contributed by atoms with Crippen molar-refractivity contribution in [3.8, 4) is 0 Å². The van der Waals surface area contributed by atoms with Crippen molar-refractivity contribution in [2.75, 3.05) is 11.4 Å². The lowest BCUT2D eigenvalue weighted by Gasteiger charge is -2.18. The molecule has 0 saturated heterocycles. The van der Waals surface area contributed by atoms with Crippen molar-refractivity contribution in [1.82, 2.24) is 19.9 Å². The molecule has 0 fully saturated rings. The van der Waals surface area contributed by atoms with Gasteiger partial charge in [0.25, 0.3) is 5.56 Å². The highest BCUT2D eigenvalue weighted by atomic mass is 32.1. The highest BCUT2D eigenvalue weighted by Crippen LogP contribution is 2.31. The van der Waals surface area contributed by atoms with E-state index in [9.17, 15) is 18.8 Å². The molecule has 0 radical (unpaired) electrons. The fraction of sp³-hybridized carbons (Fsp3) is 0.160. The van der Waals surface area contributed by atoms with Gasteiger partial charge in [0.1, 0.15) is 11.6 Å². The van der Waals surface area contributed by atoms with Crippen LogP contribution in [0.2, 0.25) is 0 Å². The van der Waals surface area contributed by atoms with Crippen LogP contribution in [-0.2, 0) is 16.1 Å². The van der Waals surface area contributed by atoms with Crippen LogP contribution in [0, 0.1) is 5.82 Å². The molecule has 35 heavy (non-hydrogen) atoms. The zero-order valence-corrected chi connectivity index (χ0v) is 19.9. The topological polar surface area (TPSA) is 99.3 Å². The van der Waals surface area contributed by atoms with Gasteiger partial charge in [0, 0.05) is 24.9 Å². The van der Waals surface area contributed by atoms with Crippen LogP contribution in [0.3, 0.4) is 0 Å². The van der Waals surface area contributed by atoms with E-state index < -0.39 is 5.82 Å². The molecule has 4 aromatic rings. The third-order valence-electron chi connectivity index (χ3n) is 5.20. The lowest BCUT2D eigenvalue weighted by atomic mass is 10.2. The van der Waals surface area contributed by atoms with E-state index in [-0.39, 0.29) is 29.6 Å². The van der Waals surface area contributed by atoms with Gasteiger partial charge in [-0.3, -0.25) is 19.3 Å². The molecule has 1 N–H and O–H groups in total. The van der Waals surface area contributed by atoms with E-state index in [1.54, 1.807) is 41.8 Å². The van der Waals surface area contributed by atoms with E-state index in [1.807, 2.05) is 6.92 Å². The number of halogens is 1. The molecule has 0 spiro atoms. The number of benzene rings is 2. The summed E-state index contributed by atoms with van der Waals surface area (Å²) in [5, 5.41) is 2.45. The maximum absolute atomic E-state index is 14.3. The minimum atomic E-state index is -0.538. The van der Waals surface area contributed by atoms with E-state index in [2.05, 4.69) is 15.0 Å². The lowest BCUT2D eigenvalue weighted by Crippen LogP contribution is -2.30. The van der Waals surface area contributed by atoms with Crippen LogP contribution in [0.15, 0.2) is 64.8 Å². The predicted octanol–water partition coefficient (Wildman–Crippen LogP) is 4.27. The van der Waals surface area contributed by atoms with Crippen LogP contribution in [0.5, 0.6) is 0 Å². The normalized spacial score (nSPS) is 11.2. The van der Waals surface area contributed by atoms with Crippen LogP contribution >= 0.6 is 11.3 Å². The summed E-state index contributed by atoms with van der Waals surface area (Å²) < 4.78 is 14.3. The second kappa shape index (κ2) is 10.4. The molecular weight excluding hydrogens is 469 g/mol. The number of anilines is 2. The summed E-state index contributed by atoms with van der Waals surface area (Å²) in [6.07, 6.45) is 2.89. The van der Waals surface area contributed by atoms with Crippen LogP contribution in [0.4, 0.5) is 15.2 Å². The van der Waals surface area contributed by atoms with Gasteiger partial charge in [0.05, 0.1) is 28.8 Å². The van der Waals surface area contributed by atoms with Crippen LogP contribution in [-0.4, -0.2) is 38.2 Å². The number of nitrogens with zero attached hydrogens (tertiary/aromatic N) is 4. The first-order chi connectivity index (χ1) is 16.9. The van der Waals surface area contributed by atoms with Gasteiger partial charge in [-0.2, -0.15) is 0 Å². The number of amides is 2. The quantitative estimate of drug-likeness (QED) is 0.390. The molecule has 0 atom stereocenters. The zero-order chi connectivity index (χ0) is 24.9. The number of rotatable bonds is 7. The first-order valence-corrected chi connectivity index (χ1v) is 11.7. The molecule has 0 bridgehead atoms. The Morgan fingerprint density at radius 2 is 1.86 bits per heavy atom. The second-order valence-corrected chi connectivity index (χ2v) is 8.41. The summed E-state index contributed by atoms with van der Waals surface area (Å²) in [4.78, 5) is 51.6. The predicted molar refractivity (Wildman–Crippen MR) is 134 cm³/mol. The number of thiazole rings is 1.